The zero-order valence-corrected chi connectivity index (χ0v) is 10.1. The SMILES string of the molecule is CCC(CC)(CO)CNC(=O)c1nonc1N. The molecule has 1 amide bonds. The lowest BCUT2D eigenvalue weighted by Gasteiger charge is -2.29. The van der Waals surface area contributed by atoms with Gasteiger partial charge in [0.1, 0.15) is 0 Å². The van der Waals surface area contributed by atoms with Gasteiger partial charge >= 0.3 is 0 Å². The number of amides is 1. The Kier molecular flexibility index (Phi) is 4.45. The molecule has 0 unspecified atom stereocenters. The van der Waals surface area contributed by atoms with Crippen LogP contribution in [0.5, 0.6) is 0 Å². The van der Waals surface area contributed by atoms with E-state index in [1.165, 1.54) is 0 Å². The molecule has 17 heavy (non-hydrogen) atoms. The van der Waals surface area contributed by atoms with Crippen LogP contribution < -0.4 is 11.1 Å². The molecule has 96 valence electrons. The number of hydrogen-bond acceptors (Lipinski definition) is 6. The van der Waals surface area contributed by atoms with E-state index in [0.717, 1.165) is 12.8 Å². The van der Waals surface area contributed by atoms with E-state index < -0.39 is 5.91 Å². The normalized spacial score (nSPS) is 11.5. The Labute approximate surface area is 99.3 Å². The lowest BCUT2D eigenvalue weighted by Crippen LogP contribution is -2.39. The van der Waals surface area contributed by atoms with E-state index in [0.29, 0.717) is 6.54 Å². The number of aromatic nitrogens is 2. The number of hydrogen-bond donors (Lipinski definition) is 3. The highest BCUT2D eigenvalue weighted by molar-refractivity contribution is 5.95. The predicted molar refractivity (Wildman–Crippen MR) is 61.1 cm³/mol. The summed E-state index contributed by atoms with van der Waals surface area (Å²) in [6.07, 6.45) is 1.54. The molecule has 7 heteroatoms. The van der Waals surface area contributed by atoms with Crippen LogP contribution in [0, 0.1) is 5.41 Å². The molecule has 1 rings (SSSR count). The van der Waals surface area contributed by atoms with Gasteiger partial charge in [-0.1, -0.05) is 13.8 Å². The molecule has 0 saturated carbocycles. The summed E-state index contributed by atoms with van der Waals surface area (Å²) in [6, 6.07) is 0. The Balaban J connectivity index is 2.62. The third-order valence-corrected chi connectivity index (χ3v) is 3.19. The lowest BCUT2D eigenvalue weighted by atomic mass is 9.83. The van der Waals surface area contributed by atoms with E-state index in [2.05, 4.69) is 20.3 Å². The Morgan fingerprint density at radius 3 is 2.53 bits per heavy atom. The summed E-state index contributed by atoms with van der Waals surface area (Å²) in [7, 11) is 0. The molecule has 7 nitrogen and oxygen atoms in total. The second-order valence-corrected chi connectivity index (χ2v) is 4.05. The van der Waals surface area contributed by atoms with Gasteiger partial charge in [0.25, 0.3) is 5.91 Å². The largest absolute Gasteiger partial charge is 0.396 e. The fraction of sp³-hybridized carbons (Fsp3) is 0.700. The number of nitrogens with one attached hydrogen (secondary N) is 1. The fourth-order valence-electron chi connectivity index (χ4n) is 1.48. The van der Waals surface area contributed by atoms with Gasteiger partial charge in [0, 0.05) is 12.0 Å². The van der Waals surface area contributed by atoms with Crippen LogP contribution in [-0.2, 0) is 0 Å². The summed E-state index contributed by atoms with van der Waals surface area (Å²) >= 11 is 0. The van der Waals surface area contributed by atoms with Gasteiger partial charge in [0.05, 0.1) is 6.61 Å². The van der Waals surface area contributed by atoms with E-state index >= 15 is 0 Å². The molecule has 0 aliphatic carbocycles. The number of carbonyl (C=O) groups excluding carboxylic acids is 1. The van der Waals surface area contributed by atoms with Gasteiger partial charge < -0.3 is 16.2 Å². The first-order chi connectivity index (χ1) is 8.08. The van der Waals surface area contributed by atoms with Crippen molar-refractivity contribution in [1.82, 2.24) is 15.6 Å². The first kappa shape index (κ1) is 13.4. The summed E-state index contributed by atoms with van der Waals surface area (Å²) in [5.41, 5.74) is 5.07. The first-order valence-corrected chi connectivity index (χ1v) is 5.55. The van der Waals surface area contributed by atoms with Crippen molar-refractivity contribution in [1.29, 1.82) is 0 Å². The summed E-state index contributed by atoms with van der Waals surface area (Å²) in [4.78, 5) is 11.7. The van der Waals surface area contributed by atoms with Crippen molar-refractivity contribution in [3.63, 3.8) is 0 Å². The molecular weight excluding hydrogens is 224 g/mol. The summed E-state index contributed by atoms with van der Waals surface area (Å²) < 4.78 is 4.34. The highest BCUT2D eigenvalue weighted by Crippen LogP contribution is 2.24. The molecule has 0 aromatic carbocycles. The molecular formula is C10H18N4O3. The van der Waals surface area contributed by atoms with Crippen molar-refractivity contribution < 1.29 is 14.5 Å². The number of carbonyl (C=O) groups is 1. The Hall–Kier alpha value is -1.63. The number of nitrogen functional groups attached to an aromatic ring is 1. The Bertz CT molecular complexity index is 365. The van der Waals surface area contributed by atoms with E-state index in [-0.39, 0.29) is 23.5 Å². The smallest absolute Gasteiger partial charge is 0.277 e. The van der Waals surface area contributed by atoms with E-state index in [1.807, 2.05) is 13.8 Å². The fourth-order valence-corrected chi connectivity index (χ4v) is 1.48. The third-order valence-electron chi connectivity index (χ3n) is 3.19. The number of anilines is 1. The number of nitrogens with two attached hydrogens (primary N) is 1. The zero-order valence-electron chi connectivity index (χ0n) is 10.1. The maximum atomic E-state index is 11.7. The molecule has 0 fully saturated rings. The van der Waals surface area contributed by atoms with Crippen LogP contribution in [0.1, 0.15) is 37.2 Å². The monoisotopic (exact) mass is 242 g/mol. The number of nitrogens with zero attached hydrogens (tertiary/aromatic N) is 2. The van der Waals surface area contributed by atoms with Crippen molar-refractivity contribution >= 4 is 11.7 Å². The summed E-state index contributed by atoms with van der Waals surface area (Å²) in [5, 5.41) is 18.8. The van der Waals surface area contributed by atoms with E-state index in [9.17, 15) is 9.90 Å². The second kappa shape index (κ2) is 5.62. The van der Waals surface area contributed by atoms with Crippen LogP contribution in [-0.4, -0.2) is 34.5 Å². The minimum atomic E-state index is -0.441. The molecule has 0 saturated heterocycles. The molecule has 1 aromatic heterocycles. The molecule has 1 aromatic rings. The number of rotatable bonds is 6. The van der Waals surface area contributed by atoms with Crippen LogP contribution in [0.4, 0.5) is 5.82 Å². The number of aliphatic hydroxyl groups excluding tert-OH is 1. The van der Waals surface area contributed by atoms with Gasteiger partial charge in [-0.3, -0.25) is 4.79 Å². The maximum absolute atomic E-state index is 11.7. The highest BCUT2D eigenvalue weighted by Gasteiger charge is 2.27. The van der Waals surface area contributed by atoms with Crippen molar-refractivity contribution in [3.05, 3.63) is 5.69 Å². The average molecular weight is 242 g/mol. The van der Waals surface area contributed by atoms with Crippen LogP contribution >= 0.6 is 0 Å². The molecule has 0 aliphatic rings. The minimum absolute atomic E-state index is 0.0207. The molecule has 4 N–H and O–H groups in total. The van der Waals surface area contributed by atoms with Crippen LogP contribution in [0.2, 0.25) is 0 Å². The van der Waals surface area contributed by atoms with Crippen LogP contribution in [0.25, 0.3) is 0 Å². The van der Waals surface area contributed by atoms with Gasteiger partial charge in [-0.2, -0.15) is 0 Å². The molecule has 1 heterocycles. The van der Waals surface area contributed by atoms with Crippen LogP contribution in [0.15, 0.2) is 4.63 Å². The lowest BCUT2D eigenvalue weighted by molar-refractivity contribution is 0.0843. The highest BCUT2D eigenvalue weighted by atomic mass is 16.6. The Morgan fingerprint density at radius 1 is 1.47 bits per heavy atom. The minimum Gasteiger partial charge on any atom is -0.396 e. The summed E-state index contributed by atoms with van der Waals surface area (Å²) in [6.45, 7) is 4.32. The van der Waals surface area contributed by atoms with Gasteiger partial charge in [0.2, 0.25) is 11.5 Å². The molecule has 0 radical (unpaired) electrons. The second-order valence-electron chi connectivity index (χ2n) is 4.05. The van der Waals surface area contributed by atoms with Gasteiger partial charge in [-0.05, 0) is 23.2 Å². The van der Waals surface area contributed by atoms with Crippen molar-refractivity contribution in [2.45, 2.75) is 26.7 Å². The molecule has 0 bridgehead atoms. The van der Waals surface area contributed by atoms with Crippen molar-refractivity contribution in [2.75, 3.05) is 18.9 Å². The standard InChI is InChI=1S/C10H18N4O3/c1-3-10(4-2,6-15)5-12-9(16)7-8(11)14-17-13-7/h15H,3-6H2,1-2H3,(H2,11,14)(H,12,16). The molecule has 0 spiro atoms. The van der Waals surface area contributed by atoms with Gasteiger partial charge in [-0.25, -0.2) is 4.63 Å². The number of aliphatic hydroxyl groups is 1. The third kappa shape index (κ3) is 2.94. The van der Waals surface area contributed by atoms with E-state index in [1.54, 1.807) is 0 Å². The molecule has 0 aliphatic heterocycles. The quantitative estimate of drug-likeness (QED) is 0.655. The first-order valence-electron chi connectivity index (χ1n) is 5.55. The zero-order chi connectivity index (χ0) is 12.9. The van der Waals surface area contributed by atoms with Gasteiger partial charge in [0.15, 0.2) is 0 Å². The van der Waals surface area contributed by atoms with Crippen molar-refractivity contribution in [3.8, 4) is 0 Å². The summed E-state index contributed by atoms with van der Waals surface area (Å²) in [5.74, 6) is -0.478. The molecule has 0 atom stereocenters. The maximum Gasteiger partial charge on any atom is 0.277 e. The Morgan fingerprint density at radius 2 is 2.12 bits per heavy atom. The predicted octanol–water partition coefficient (Wildman–Crippen LogP) is 0.180. The van der Waals surface area contributed by atoms with Crippen LogP contribution in [0.3, 0.4) is 0 Å². The van der Waals surface area contributed by atoms with E-state index in [4.69, 9.17) is 5.73 Å². The average Bonchev–Trinajstić information content (AvgIpc) is 2.78. The topological polar surface area (TPSA) is 114 Å². The van der Waals surface area contributed by atoms with Gasteiger partial charge in [-0.15, -0.1) is 0 Å². The van der Waals surface area contributed by atoms with Crippen molar-refractivity contribution in [2.24, 2.45) is 5.41 Å².